The summed E-state index contributed by atoms with van der Waals surface area (Å²) in [6, 6.07) is 4.71. The zero-order valence-corrected chi connectivity index (χ0v) is 9.10. The van der Waals surface area contributed by atoms with E-state index in [4.69, 9.17) is 5.73 Å². The Morgan fingerprint density at radius 2 is 1.76 bits per heavy atom. The fourth-order valence-corrected chi connectivity index (χ4v) is 2.12. The third-order valence-corrected chi connectivity index (χ3v) is 3.33. The molecule has 1 aromatic carbocycles. The van der Waals surface area contributed by atoms with Gasteiger partial charge in [0.15, 0.2) is 0 Å². The molecule has 1 aliphatic carbocycles. The minimum Gasteiger partial charge on any atom is -0.322 e. The lowest BCUT2D eigenvalue weighted by Gasteiger charge is -2.41. The van der Waals surface area contributed by atoms with Crippen LogP contribution < -0.4 is 5.73 Å². The average molecular weight is 247 g/mol. The molecule has 0 aromatic heterocycles. The van der Waals surface area contributed by atoms with Gasteiger partial charge in [-0.2, -0.15) is 13.2 Å². The Bertz CT molecular complexity index is 409. The molecule has 0 spiro atoms. The Morgan fingerprint density at radius 1 is 1.18 bits per heavy atom. The molecule has 1 nitrogen and oxygen atoms in total. The van der Waals surface area contributed by atoms with Crippen LogP contribution in [-0.2, 0) is 6.18 Å². The van der Waals surface area contributed by atoms with Crippen LogP contribution in [0.25, 0.3) is 0 Å². The second kappa shape index (κ2) is 3.98. The predicted octanol–water partition coefficient (Wildman–Crippen LogP) is 3.60. The molecule has 17 heavy (non-hydrogen) atoms. The molecule has 0 heterocycles. The molecule has 5 heteroatoms. The van der Waals surface area contributed by atoms with Crippen molar-refractivity contribution in [2.24, 2.45) is 5.73 Å². The molecule has 2 N–H and O–H groups in total. The third kappa shape index (κ3) is 2.16. The maximum absolute atomic E-state index is 14.1. The molecule has 1 fully saturated rings. The average Bonchev–Trinajstić information content (AvgIpc) is 2.24. The quantitative estimate of drug-likeness (QED) is 0.794. The number of alkyl halides is 4. The zero-order chi connectivity index (χ0) is 12.7. The van der Waals surface area contributed by atoms with E-state index in [9.17, 15) is 17.6 Å². The van der Waals surface area contributed by atoms with Crippen molar-refractivity contribution >= 4 is 0 Å². The van der Waals surface area contributed by atoms with E-state index in [2.05, 4.69) is 0 Å². The van der Waals surface area contributed by atoms with Crippen LogP contribution in [-0.4, -0.2) is 5.54 Å². The standard InChI is InChI=1S/C12H13F4N/c13-10(11(17)6-3-7-11)8-4-1-2-5-9(8)12(14,15)16/h1-2,4-5,10H,3,6-7,17H2. The van der Waals surface area contributed by atoms with Crippen LogP contribution in [0.1, 0.15) is 36.6 Å². The first-order valence-corrected chi connectivity index (χ1v) is 5.44. The summed E-state index contributed by atoms with van der Waals surface area (Å²) in [6.07, 6.45) is -4.67. The van der Waals surface area contributed by atoms with E-state index in [1.807, 2.05) is 0 Å². The molecule has 1 unspecified atom stereocenters. The summed E-state index contributed by atoms with van der Waals surface area (Å²) in [7, 11) is 0. The van der Waals surface area contributed by atoms with Crippen molar-refractivity contribution in [2.45, 2.75) is 37.1 Å². The highest BCUT2D eigenvalue weighted by atomic mass is 19.4. The maximum Gasteiger partial charge on any atom is 0.416 e. The maximum atomic E-state index is 14.1. The van der Waals surface area contributed by atoms with Gasteiger partial charge in [0.25, 0.3) is 0 Å². The van der Waals surface area contributed by atoms with Gasteiger partial charge in [-0.15, -0.1) is 0 Å². The van der Waals surface area contributed by atoms with Gasteiger partial charge in [-0.05, 0) is 30.9 Å². The van der Waals surface area contributed by atoms with Gasteiger partial charge < -0.3 is 5.73 Å². The Labute approximate surface area is 96.6 Å². The number of rotatable bonds is 2. The molecule has 0 bridgehead atoms. The largest absolute Gasteiger partial charge is 0.416 e. The minimum atomic E-state index is -4.54. The van der Waals surface area contributed by atoms with Crippen molar-refractivity contribution in [3.05, 3.63) is 35.4 Å². The lowest BCUT2D eigenvalue weighted by Crippen LogP contribution is -2.50. The van der Waals surface area contributed by atoms with Crippen molar-refractivity contribution in [2.75, 3.05) is 0 Å². The van der Waals surface area contributed by atoms with Gasteiger partial charge in [0, 0.05) is 0 Å². The van der Waals surface area contributed by atoms with Crippen LogP contribution in [0.15, 0.2) is 24.3 Å². The Kier molecular flexibility index (Phi) is 2.89. The molecule has 94 valence electrons. The smallest absolute Gasteiger partial charge is 0.322 e. The molecule has 0 saturated heterocycles. The highest BCUT2D eigenvalue weighted by molar-refractivity contribution is 5.34. The van der Waals surface area contributed by atoms with Crippen LogP contribution >= 0.6 is 0 Å². The molecule has 1 saturated carbocycles. The van der Waals surface area contributed by atoms with Gasteiger partial charge in [0.1, 0.15) is 6.17 Å². The van der Waals surface area contributed by atoms with Gasteiger partial charge in [-0.3, -0.25) is 0 Å². The minimum absolute atomic E-state index is 0.345. The Hall–Kier alpha value is -1.10. The van der Waals surface area contributed by atoms with Gasteiger partial charge >= 0.3 is 6.18 Å². The fraction of sp³-hybridized carbons (Fsp3) is 0.500. The van der Waals surface area contributed by atoms with Crippen molar-refractivity contribution in [1.82, 2.24) is 0 Å². The molecule has 0 amide bonds. The van der Waals surface area contributed by atoms with Crippen molar-refractivity contribution in [3.8, 4) is 0 Å². The summed E-state index contributed by atoms with van der Waals surface area (Å²) < 4.78 is 52.3. The van der Waals surface area contributed by atoms with E-state index in [1.54, 1.807) is 0 Å². The summed E-state index contributed by atoms with van der Waals surface area (Å²) in [5.74, 6) is 0. The van der Waals surface area contributed by atoms with E-state index in [-0.39, 0.29) is 5.56 Å². The molecule has 1 atom stereocenters. The van der Waals surface area contributed by atoms with Crippen LogP contribution in [0.4, 0.5) is 17.6 Å². The number of hydrogen-bond acceptors (Lipinski definition) is 1. The second-order valence-corrected chi connectivity index (χ2v) is 4.53. The number of halogens is 4. The molecule has 2 rings (SSSR count). The monoisotopic (exact) mass is 247 g/mol. The highest BCUT2D eigenvalue weighted by Crippen LogP contribution is 2.45. The first-order valence-electron chi connectivity index (χ1n) is 5.44. The van der Waals surface area contributed by atoms with Gasteiger partial charge in [-0.25, -0.2) is 4.39 Å². The van der Waals surface area contributed by atoms with E-state index < -0.39 is 23.5 Å². The van der Waals surface area contributed by atoms with Crippen LogP contribution in [0.2, 0.25) is 0 Å². The van der Waals surface area contributed by atoms with Crippen molar-refractivity contribution < 1.29 is 17.6 Å². The van der Waals surface area contributed by atoms with E-state index in [0.717, 1.165) is 12.5 Å². The Morgan fingerprint density at radius 3 is 2.24 bits per heavy atom. The van der Waals surface area contributed by atoms with E-state index in [1.165, 1.54) is 18.2 Å². The first-order chi connectivity index (χ1) is 7.84. The van der Waals surface area contributed by atoms with Crippen LogP contribution in [0, 0.1) is 0 Å². The summed E-state index contributed by atoms with van der Waals surface area (Å²) in [6.45, 7) is 0. The van der Waals surface area contributed by atoms with Crippen molar-refractivity contribution in [3.63, 3.8) is 0 Å². The molecule has 0 radical (unpaired) electrons. The molecule has 1 aliphatic rings. The van der Waals surface area contributed by atoms with Crippen molar-refractivity contribution in [1.29, 1.82) is 0 Å². The van der Waals surface area contributed by atoms with E-state index in [0.29, 0.717) is 12.8 Å². The van der Waals surface area contributed by atoms with Gasteiger partial charge in [0.05, 0.1) is 11.1 Å². The third-order valence-electron chi connectivity index (χ3n) is 3.33. The number of hydrogen-bond donors (Lipinski definition) is 1. The van der Waals surface area contributed by atoms with Gasteiger partial charge in [0.2, 0.25) is 0 Å². The van der Waals surface area contributed by atoms with Crippen LogP contribution in [0.5, 0.6) is 0 Å². The lowest BCUT2D eigenvalue weighted by molar-refractivity contribution is -0.139. The number of benzene rings is 1. The zero-order valence-electron chi connectivity index (χ0n) is 9.10. The predicted molar refractivity (Wildman–Crippen MR) is 56.1 cm³/mol. The molecular formula is C12H13F4N. The second-order valence-electron chi connectivity index (χ2n) is 4.53. The molecule has 1 aromatic rings. The lowest BCUT2D eigenvalue weighted by atomic mass is 9.72. The fourth-order valence-electron chi connectivity index (χ4n) is 2.12. The summed E-state index contributed by atoms with van der Waals surface area (Å²) in [5.41, 5.74) is 3.35. The molecule has 0 aliphatic heterocycles. The normalized spacial score (nSPS) is 20.8. The van der Waals surface area contributed by atoms with Crippen LogP contribution in [0.3, 0.4) is 0 Å². The SMILES string of the molecule is NC1(C(F)c2ccccc2C(F)(F)F)CCC1. The number of nitrogens with two attached hydrogens (primary N) is 1. The van der Waals surface area contributed by atoms with E-state index >= 15 is 0 Å². The molecular weight excluding hydrogens is 234 g/mol. The summed E-state index contributed by atoms with van der Waals surface area (Å²) in [5, 5.41) is 0. The summed E-state index contributed by atoms with van der Waals surface area (Å²) >= 11 is 0. The topological polar surface area (TPSA) is 26.0 Å². The first kappa shape index (κ1) is 12.4. The highest BCUT2D eigenvalue weighted by Gasteiger charge is 2.45. The Balaban J connectivity index is 2.38. The van der Waals surface area contributed by atoms with Gasteiger partial charge in [-0.1, -0.05) is 18.2 Å². The summed E-state index contributed by atoms with van der Waals surface area (Å²) in [4.78, 5) is 0.